The van der Waals surface area contributed by atoms with E-state index in [1.807, 2.05) is 0 Å². The molecule has 0 radical (unpaired) electrons. The zero-order valence-corrected chi connectivity index (χ0v) is 7.42. The standard InChI is InChI=1S/C9H8F2N2O/c1-14-9-6(10)3-2-5(8(9)11)7(13)4-12/h2-3,7H,13H2,1H3. The number of benzene rings is 1. The predicted molar refractivity (Wildman–Crippen MR) is 45.5 cm³/mol. The second-order valence-corrected chi connectivity index (χ2v) is 2.59. The summed E-state index contributed by atoms with van der Waals surface area (Å²) in [6, 6.07) is 2.67. The Labute approximate surface area is 79.7 Å². The summed E-state index contributed by atoms with van der Waals surface area (Å²) in [6.07, 6.45) is 0. The molecular formula is C9H8F2N2O. The molecule has 14 heavy (non-hydrogen) atoms. The van der Waals surface area contributed by atoms with Crippen molar-refractivity contribution in [2.45, 2.75) is 6.04 Å². The van der Waals surface area contributed by atoms with Crippen LogP contribution in [0.4, 0.5) is 8.78 Å². The Morgan fingerprint density at radius 1 is 1.50 bits per heavy atom. The van der Waals surface area contributed by atoms with Gasteiger partial charge in [0, 0.05) is 5.56 Å². The van der Waals surface area contributed by atoms with E-state index in [0.29, 0.717) is 0 Å². The molecule has 0 aliphatic heterocycles. The topological polar surface area (TPSA) is 59.0 Å². The summed E-state index contributed by atoms with van der Waals surface area (Å²) < 4.78 is 30.8. The van der Waals surface area contributed by atoms with Crippen molar-refractivity contribution in [1.82, 2.24) is 0 Å². The Bertz CT molecular complexity index is 387. The Morgan fingerprint density at radius 3 is 2.64 bits per heavy atom. The van der Waals surface area contributed by atoms with Crippen LogP contribution in [0.2, 0.25) is 0 Å². The molecule has 74 valence electrons. The van der Waals surface area contributed by atoms with E-state index >= 15 is 0 Å². The second-order valence-electron chi connectivity index (χ2n) is 2.59. The number of nitrogens with zero attached hydrogens (tertiary/aromatic N) is 1. The highest BCUT2D eigenvalue weighted by atomic mass is 19.1. The highest BCUT2D eigenvalue weighted by Gasteiger charge is 2.18. The minimum Gasteiger partial charge on any atom is -0.491 e. The molecule has 3 nitrogen and oxygen atoms in total. The normalized spacial score (nSPS) is 11.9. The van der Waals surface area contributed by atoms with Gasteiger partial charge in [-0.1, -0.05) is 6.07 Å². The molecule has 1 atom stereocenters. The molecule has 0 amide bonds. The van der Waals surface area contributed by atoms with Gasteiger partial charge in [-0.05, 0) is 6.07 Å². The lowest BCUT2D eigenvalue weighted by atomic mass is 10.1. The predicted octanol–water partition coefficient (Wildman–Crippen LogP) is 1.50. The van der Waals surface area contributed by atoms with E-state index in [2.05, 4.69) is 4.74 Å². The van der Waals surface area contributed by atoms with Crippen molar-refractivity contribution >= 4 is 0 Å². The van der Waals surface area contributed by atoms with Gasteiger partial charge in [-0.15, -0.1) is 0 Å². The number of hydrogen-bond donors (Lipinski definition) is 1. The van der Waals surface area contributed by atoms with Crippen LogP contribution in [0.3, 0.4) is 0 Å². The van der Waals surface area contributed by atoms with Crippen molar-refractivity contribution in [3.05, 3.63) is 29.3 Å². The summed E-state index contributed by atoms with van der Waals surface area (Å²) in [4.78, 5) is 0. The highest BCUT2D eigenvalue weighted by molar-refractivity contribution is 5.36. The lowest BCUT2D eigenvalue weighted by Gasteiger charge is -2.09. The molecule has 5 heteroatoms. The van der Waals surface area contributed by atoms with Crippen LogP contribution in [0.15, 0.2) is 12.1 Å². The van der Waals surface area contributed by atoms with Crippen LogP contribution in [0, 0.1) is 23.0 Å². The van der Waals surface area contributed by atoms with Gasteiger partial charge in [-0.2, -0.15) is 5.26 Å². The molecule has 0 heterocycles. The fraction of sp³-hybridized carbons (Fsp3) is 0.222. The number of methoxy groups -OCH3 is 1. The SMILES string of the molecule is COc1c(F)ccc(C(N)C#N)c1F. The minimum absolute atomic E-state index is 0.0780. The molecule has 0 spiro atoms. The van der Waals surface area contributed by atoms with Crippen LogP contribution in [-0.2, 0) is 0 Å². The van der Waals surface area contributed by atoms with Crippen molar-refractivity contribution in [2.24, 2.45) is 5.73 Å². The van der Waals surface area contributed by atoms with Gasteiger partial charge in [0.2, 0.25) is 0 Å². The molecule has 1 aromatic carbocycles. The lowest BCUT2D eigenvalue weighted by molar-refractivity contribution is 0.357. The molecule has 0 saturated heterocycles. The van der Waals surface area contributed by atoms with Gasteiger partial charge >= 0.3 is 0 Å². The first-order valence-electron chi connectivity index (χ1n) is 3.79. The maximum Gasteiger partial charge on any atom is 0.190 e. The maximum absolute atomic E-state index is 13.4. The Morgan fingerprint density at radius 2 is 2.14 bits per heavy atom. The number of nitriles is 1. The van der Waals surface area contributed by atoms with Gasteiger partial charge in [-0.3, -0.25) is 0 Å². The molecule has 1 rings (SSSR count). The average molecular weight is 198 g/mol. The van der Waals surface area contributed by atoms with Gasteiger partial charge in [-0.25, -0.2) is 8.78 Å². The second kappa shape index (κ2) is 4.03. The van der Waals surface area contributed by atoms with Crippen molar-refractivity contribution in [1.29, 1.82) is 5.26 Å². The van der Waals surface area contributed by atoms with Gasteiger partial charge < -0.3 is 10.5 Å². The first-order chi connectivity index (χ1) is 6.61. The molecule has 0 aliphatic carbocycles. The van der Waals surface area contributed by atoms with E-state index < -0.39 is 23.4 Å². The van der Waals surface area contributed by atoms with Gasteiger partial charge in [0.25, 0.3) is 0 Å². The third-order valence-electron chi connectivity index (χ3n) is 1.76. The van der Waals surface area contributed by atoms with Crippen LogP contribution in [0.1, 0.15) is 11.6 Å². The first kappa shape index (κ1) is 10.4. The summed E-state index contributed by atoms with van der Waals surface area (Å²) in [5.41, 5.74) is 5.21. The lowest BCUT2D eigenvalue weighted by Crippen LogP contribution is -2.10. The smallest absolute Gasteiger partial charge is 0.190 e. The van der Waals surface area contributed by atoms with E-state index in [9.17, 15) is 8.78 Å². The summed E-state index contributed by atoms with van der Waals surface area (Å²) in [6.45, 7) is 0. The zero-order chi connectivity index (χ0) is 10.7. The molecule has 0 bridgehead atoms. The quantitative estimate of drug-likeness (QED) is 0.783. The molecule has 0 aromatic heterocycles. The molecule has 0 fully saturated rings. The summed E-state index contributed by atoms with van der Waals surface area (Å²) in [5, 5.41) is 8.47. The van der Waals surface area contributed by atoms with Crippen LogP contribution in [-0.4, -0.2) is 7.11 Å². The van der Waals surface area contributed by atoms with E-state index in [0.717, 1.165) is 19.2 Å². The molecule has 0 saturated carbocycles. The van der Waals surface area contributed by atoms with E-state index in [1.54, 1.807) is 6.07 Å². The fourth-order valence-corrected chi connectivity index (χ4v) is 1.04. The number of rotatable bonds is 2. The number of hydrogen-bond acceptors (Lipinski definition) is 3. The molecule has 1 aromatic rings. The Balaban J connectivity index is 3.29. The Kier molecular flexibility index (Phi) is 2.99. The first-order valence-corrected chi connectivity index (χ1v) is 3.79. The molecular weight excluding hydrogens is 190 g/mol. The van der Waals surface area contributed by atoms with Crippen molar-refractivity contribution < 1.29 is 13.5 Å². The van der Waals surface area contributed by atoms with Crippen LogP contribution < -0.4 is 10.5 Å². The largest absolute Gasteiger partial charge is 0.491 e. The Hall–Kier alpha value is -1.67. The summed E-state index contributed by atoms with van der Waals surface area (Å²) in [5.74, 6) is -2.27. The van der Waals surface area contributed by atoms with E-state index in [4.69, 9.17) is 11.0 Å². The third-order valence-corrected chi connectivity index (χ3v) is 1.76. The van der Waals surface area contributed by atoms with Crippen LogP contribution >= 0.6 is 0 Å². The van der Waals surface area contributed by atoms with Crippen molar-refractivity contribution in [3.8, 4) is 11.8 Å². The summed E-state index contributed by atoms with van der Waals surface area (Å²) in [7, 11) is 1.14. The maximum atomic E-state index is 13.4. The van der Waals surface area contributed by atoms with E-state index in [-0.39, 0.29) is 5.56 Å². The van der Waals surface area contributed by atoms with Gasteiger partial charge in [0.05, 0.1) is 13.2 Å². The van der Waals surface area contributed by atoms with Crippen molar-refractivity contribution in [2.75, 3.05) is 7.11 Å². The molecule has 2 N–H and O–H groups in total. The van der Waals surface area contributed by atoms with Crippen LogP contribution in [0.25, 0.3) is 0 Å². The molecule has 0 aliphatic rings. The fourth-order valence-electron chi connectivity index (χ4n) is 1.04. The number of nitrogens with two attached hydrogens (primary N) is 1. The average Bonchev–Trinajstić information content (AvgIpc) is 2.18. The zero-order valence-electron chi connectivity index (χ0n) is 7.42. The molecule has 1 unspecified atom stereocenters. The highest BCUT2D eigenvalue weighted by Crippen LogP contribution is 2.26. The van der Waals surface area contributed by atoms with Crippen molar-refractivity contribution in [3.63, 3.8) is 0 Å². The third kappa shape index (κ3) is 1.65. The minimum atomic E-state index is -1.12. The number of ether oxygens (including phenoxy) is 1. The summed E-state index contributed by atoms with van der Waals surface area (Å²) >= 11 is 0. The monoisotopic (exact) mass is 198 g/mol. The van der Waals surface area contributed by atoms with Gasteiger partial charge in [0.15, 0.2) is 17.4 Å². The van der Waals surface area contributed by atoms with Gasteiger partial charge in [0.1, 0.15) is 6.04 Å². The van der Waals surface area contributed by atoms with E-state index in [1.165, 1.54) is 0 Å². The van der Waals surface area contributed by atoms with Crippen LogP contribution in [0.5, 0.6) is 5.75 Å². The number of halogens is 2.